The molecule has 0 radical (unpaired) electrons. The Balaban J connectivity index is 0.00000384. The van der Waals surface area contributed by atoms with E-state index in [9.17, 15) is 18.8 Å². The molecule has 11 heteroatoms. The molecular formula is C33H44FN7O3. The fourth-order valence-corrected chi connectivity index (χ4v) is 6.53. The maximum Gasteiger partial charge on any atom is 0.272 e. The molecule has 0 atom stereocenters. The fourth-order valence-electron chi connectivity index (χ4n) is 6.53. The largest absolute Gasteiger partial charge is 0.338 e. The van der Waals surface area contributed by atoms with Gasteiger partial charge in [-0.05, 0) is 55.6 Å². The van der Waals surface area contributed by atoms with Crippen LogP contribution in [-0.2, 0) is 11.2 Å². The van der Waals surface area contributed by atoms with Gasteiger partial charge in [0.1, 0.15) is 5.82 Å². The van der Waals surface area contributed by atoms with Gasteiger partial charge in [0.2, 0.25) is 5.91 Å². The first-order valence-electron chi connectivity index (χ1n) is 15.4. The maximum atomic E-state index is 14.9. The lowest BCUT2D eigenvalue weighted by Crippen LogP contribution is -2.55. The smallest absolute Gasteiger partial charge is 0.272 e. The summed E-state index contributed by atoms with van der Waals surface area (Å²) < 4.78 is 14.9. The first-order valence-corrected chi connectivity index (χ1v) is 15.4. The standard InChI is InChI=1S/C32H40FN7O3.CH4/c33-28-6-5-24(20-29-25-3-1-2-4-26(25)31(42)36-35-29)19-27(28)32(43)40-17-15-39(16-18-40)30(41)22-38-13-11-37(12-14-38)21-23-7-9-34-10-8-23;/h1-6,19,23,34H,7-18,20-22H2,(H,36,42);1H4. The minimum atomic E-state index is -0.578. The first-order chi connectivity index (χ1) is 20.9. The number of carbonyl (C=O) groups is 2. The predicted molar refractivity (Wildman–Crippen MR) is 169 cm³/mol. The SMILES string of the molecule is C.O=C(CN1CCN(CC2CCNCC2)CC1)N1CCN(C(=O)c2cc(Cc3n[nH]c(=O)c4ccccc34)ccc2F)CC1. The highest BCUT2D eigenvalue weighted by Crippen LogP contribution is 2.20. The van der Waals surface area contributed by atoms with Gasteiger partial charge in [0, 0.05) is 70.7 Å². The third kappa shape index (κ3) is 7.34. The van der Waals surface area contributed by atoms with Crippen LogP contribution in [0.15, 0.2) is 47.3 Å². The lowest BCUT2D eigenvalue weighted by atomic mass is 9.97. The van der Waals surface area contributed by atoms with Crippen LogP contribution in [0.2, 0.25) is 0 Å². The summed E-state index contributed by atoms with van der Waals surface area (Å²) in [5, 5.41) is 11.4. The van der Waals surface area contributed by atoms with E-state index >= 15 is 0 Å². The Morgan fingerprint density at radius 3 is 2.25 bits per heavy atom. The summed E-state index contributed by atoms with van der Waals surface area (Å²) in [6.07, 6.45) is 2.83. The molecule has 0 aliphatic carbocycles. The van der Waals surface area contributed by atoms with Gasteiger partial charge in [-0.3, -0.25) is 19.3 Å². The number of hydrogen-bond acceptors (Lipinski definition) is 7. The zero-order chi connectivity index (χ0) is 29.8. The number of piperidine rings is 1. The van der Waals surface area contributed by atoms with Gasteiger partial charge >= 0.3 is 0 Å². The number of carbonyl (C=O) groups excluding carboxylic acids is 2. The lowest BCUT2D eigenvalue weighted by molar-refractivity contribution is -0.134. The third-order valence-corrected chi connectivity index (χ3v) is 9.13. The van der Waals surface area contributed by atoms with Gasteiger partial charge in [0.15, 0.2) is 0 Å². The van der Waals surface area contributed by atoms with E-state index in [0.29, 0.717) is 50.2 Å². The molecule has 6 rings (SSSR count). The number of benzene rings is 2. The average Bonchev–Trinajstić information content (AvgIpc) is 3.04. The van der Waals surface area contributed by atoms with Crippen molar-refractivity contribution in [2.45, 2.75) is 26.7 Å². The summed E-state index contributed by atoms with van der Waals surface area (Å²) >= 11 is 0. The number of hydrogen-bond donors (Lipinski definition) is 2. The quantitative estimate of drug-likeness (QED) is 0.426. The predicted octanol–water partition coefficient (Wildman–Crippen LogP) is 2.19. The zero-order valence-electron chi connectivity index (χ0n) is 24.6. The van der Waals surface area contributed by atoms with Crippen LogP contribution in [-0.4, -0.2) is 120 Å². The Hall–Kier alpha value is -3.67. The first kappa shape index (κ1) is 31.7. The van der Waals surface area contributed by atoms with Crippen LogP contribution in [0, 0.1) is 11.7 Å². The Kier molecular flexibility index (Phi) is 10.4. The zero-order valence-corrected chi connectivity index (χ0v) is 24.6. The van der Waals surface area contributed by atoms with Gasteiger partial charge in [-0.25, -0.2) is 9.49 Å². The number of aromatic amines is 1. The van der Waals surface area contributed by atoms with Crippen LogP contribution in [0.25, 0.3) is 10.8 Å². The molecule has 1 aromatic heterocycles. The van der Waals surface area contributed by atoms with Gasteiger partial charge < -0.3 is 20.0 Å². The van der Waals surface area contributed by atoms with Gasteiger partial charge in [-0.2, -0.15) is 5.10 Å². The van der Waals surface area contributed by atoms with E-state index in [0.717, 1.165) is 62.7 Å². The number of nitrogens with one attached hydrogen (secondary N) is 2. The Morgan fingerprint density at radius 1 is 0.864 bits per heavy atom. The van der Waals surface area contributed by atoms with E-state index in [4.69, 9.17) is 0 Å². The maximum absolute atomic E-state index is 14.9. The topological polar surface area (TPSA) is 105 Å². The van der Waals surface area contributed by atoms with Crippen LogP contribution in [0.1, 0.15) is 41.9 Å². The minimum Gasteiger partial charge on any atom is -0.338 e. The van der Waals surface area contributed by atoms with Gasteiger partial charge in [-0.1, -0.05) is 31.7 Å². The fraction of sp³-hybridized carbons (Fsp3) is 0.515. The summed E-state index contributed by atoms with van der Waals surface area (Å²) in [5.41, 5.74) is 1.11. The van der Waals surface area contributed by atoms with E-state index in [-0.39, 0.29) is 30.4 Å². The van der Waals surface area contributed by atoms with Crippen LogP contribution in [0.5, 0.6) is 0 Å². The van der Waals surface area contributed by atoms with Crippen molar-refractivity contribution in [2.75, 3.05) is 78.5 Å². The van der Waals surface area contributed by atoms with E-state index in [2.05, 4.69) is 25.3 Å². The molecule has 0 unspecified atom stereocenters. The summed E-state index contributed by atoms with van der Waals surface area (Å²) in [4.78, 5) is 46.8. The van der Waals surface area contributed by atoms with Crippen molar-refractivity contribution < 1.29 is 14.0 Å². The van der Waals surface area contributed by atoms with E-state index in [1.165, 1.54) is 18.9 Å². The molecule has 3 aliphatic heterocycles. The number of piperazine rings is 2. The molecule has 2 amide bonds. The molecule has 10 nitrogen and oxygen atoms in total. The number of halogens is 1. The molecule has 0 spiro atoms. The van der Waals surface area contributed by atoms with Crippen molar-refractivity contribution >= 4 is 22.6 Å². The molecule has 3 saturated heterocycles. The highest BCUT2D eigenvalue weighted by atomic mass is 19.1. The van der Waals surface area contributed by atoms with Crippen LogP contribution in [0.4, 0.5) is 4.39 Å². The highest BCUT2D eigenvalue weighted by Gasteiger charge is 2.29. The molecule has 3 fully saturated rings. The third-order valence-electron chi connectivity index (χ3n) is 9.13. The molecule has 236 valence electrons. The minimum absolute atomic E-state index is 0. The van der Waals surface area contributed by atoms with E-state index in [1.54, 1.807) is 29.2 Å². The highest BCUT2D eigenvalue weighted by molar-refractivity contribution is 5.95. The molecule has 2 N–H and O–H groups in total. The molecule has 0 bridgehead atoms. The van der Waals surface area contributed by atoms with E-state index < -0.39 is 5.82 Å². The van der Waals surface area contributed by atoms with Crippen molar-refractivity contribution in [3.8, 4) is 0 Å². The summed E-state index contributed by atoms with van der Waals surface area (Å²) in [7, 11) is 0. The molecule has 4 heterocycles. The number of H-pyrrole nitrogens is 1. The second-order valence-corrected chi connectivity index (χ2v) is 12.0. The summed E-state index contributed by atoms with van der Waals surface area (Å²) in [6.45, 7) is 9.20. The number of amides is 2. The number of fused-ring (bicyclic) bond motifs is 1. The number of nitrogens with zero attached hydrogens (tertiary/aromatic N) is 5. The monoisotopic (exact) mass is 605 g/mol. The van der Waals surface area contributed by atoms with E-state index in [1.807, 2.05) is 17.0 Å². The molecule has 0 saturated carbocycles. The molecule has 3 aliphatic rings. The van der Waals surface area contributed by atoms with Crippen molar-refractivity contribution in [3.05, 3.63) is 75.5 Å². The van der Waals surface area contributed by atoms with Crippen molar-refractivity contribution in [1.29, 1.82) is 0 Å². The molecule has 44 heavy (non-hydrogen) atoms. The summed E-state index contributed by atoms with van der Waals surface area (Å²) in [6, 6.07) is 11.7. The Morgan fingerprint density at radius 2 is 1.52 bits per heavy atom. The normalized spacial score (nSPS) is 18.8. The van der Waals surface area contributed by atoms with Gasteiger partial charge in [0.05, 0.1) is 23.2 Å². The number of rotatable bonds is 7. The average molecular weight is 606 g/mol. The lowest BCUT2D eigenvalue weighted by Gasteiger charge is -2.39. The van der Waals surface area contributed by atoms with Gasteiger partial charge in [0.25, 0.3) is 11.5 Å². The van der Waals surface area contributed by atoms with Crippen molar-refractivity contribution in [2.24, 2.45) is 5.92 Å². The van der Waals surface area contributed by atoms with Gasteiger partial charge in [-0.15, -0.1) is 0 Å². The molecule has 3 aromatic rings. The van der Waals surface area contributed by atoms with Crippen LogP contribution >= 0.6 is 0 Å². The second-order valence-electron chi connectivity index (χ2n) is 12.0. The van der Waals surface area contributed by atoms with Crippen molar-refractivity contribution in [1.82, 2.24) is 35.1 Å². The number of aromatic nitrogens is 2. The molecule has 2 aromatic carbocycles. The van der Waals surface area contributed by atoms with Crippen LogP contribution < -0.4 is 10.9 Å². The van der Waals surface area contributed by atoms with Crippen molar-refractivity contribution in [3.63, 3.8) is 0 Å². The Bertz CT molecular complexity index is 1510. The van der Waals surface area contributed by atoms with Crippen LogP contribution in [0.3, 0.4) is 0 Å². The second kappa shape index (κ2) is 14.4. The molecular weight excluding hydrogens is 561 g/mol. The Labute approximate surface area is 258 Å². The summed E-state index contributed by atoms with van der Waals surface area (Å²) in [5.74, 6) is -0.0911.